The maximum atomic E-state index is 12.5. The summed E-state index contributed by atoms with van der Waals surface area (Å²) in [5.41, 5.74) is 2.16. The Morgan fingerprint density at radius 1 is 1.19 bits per heavy atom. The van der Waals surface area contributed by atoms with Crippen molar-refractivity contribution in [2.24, 2.45) is 18.9 Å². The molecule has 2 aliphatic rings. The highest BCUT2D eigenvalue weighted by atomic mass is 16.5. The van der Waals surface area contributed by atoms with Gasteiger partial charge in [0.25, 0.3) is 0 Å². The zero-order valence-corrected chi connectivity index (χ0v) is 15.1. The lowest BCUT2D eigenvalue weighted by Crippen LogP contribution is -2.29. The number of likely N-dealkylation sites (tertiary alicyclic amines) is 1. The first-order chi connectivity index (χ1) is 12.7. The van der Waals surface area contributed by atoms with Crippen LogP contribution in [-0.2, 0) is 23.2 Å². The van der Waals surface area contributed by atoms with Crippen molar-refractivity contribution in [3.05, 3.63) is 59.9 Å². The number of ether oxygens (including phenoxy) is 1. The number of hydrogen-bond donors (Lipinski definition) is 0. The number of benzene rings is 1. The molecule has 1 unspecified atom stereocenters. The van der Waals surface area contributed by atoms with E-state index < -0.39 is 0 Å². The van der Waals surface area contributed by atoms with E-state index in [1.807, 2.05) is 42.3 Å². The molecule has 0 spiro atoms. The normalized spacial score (nSPS) is 25.1. The lowest BCUT2D eigenvalue weighted by Gasteiger charge is -2.18. The Kier molecular flexibility index (Phi) is 4.89. The van der Waals surface area contributed by atoms with Crippen LogP contribution in [0.4, 0.5) is 0 Å². The Labute approximate surface area is 154 Å². The van der Waals surface area contributed by atoms with E-state index >= 15 is 0 Å². The van der Waals surface area contributed by atoms with Gasteiger partial charge in [-0.05, 0) is 42.4 Å². The molecule has 1 aliphatic heterocycles. The fraction of sp³-hybridized carbons (Fsp3) is 0.429. The van der Waals surface area contributed by atoms with E-state index in [-0.39, 0.29) is 5.91 Å². The van der Waals surface area contributed by atoms with Crippen molar-refractivity contribution in [3.8, 4) is 0 Å². The second-order valence-electron chi connectivity index (χ2n) is 7.37. The molecule has 1 aromatic heterocycles. The van der Waals surface area contributed by atoms with Gasteiger partial charge in [0.05, 0.1) is 18.4 Å². The van der Waals surface area contributed by atoms with Crippen LogP contribution >= 0.6 is 0 Å². The minimum atomic E-state index is 0.0994. The molecular formula is C21H25N3O2. The first-order valence-electron chi connectivity index (χ1n) is 9.29. The summed E-state index contributed by atoms with van der Waals surface area (Å²) in [6, 6.07) is 12.2. The van der Waals surface area contributed by atoms with Crippen LogP contribution in [0, 0.1) is 11.8 Å². The molecular weight excluding hydrogens is 326 g/mol. The zero-order valence-electron chi connectivity index (χ0n) is 15.1. The maximum Gasteiger partial charge on any atom is 0.246 e. The average molecular weight is 351 g/mol. The van der Waals surface area contributed by atoms with Gasteiger partial charge < -0.3 is 9.64 Å². The summed E-state index contributed by atoms with van der Waals surface area (Å²) in [6.07, 6.45) is 7.70. The molecule has 2 fully saturated rings. The van der Waals surface area contributed by atoms with Crippen LogP contribution in [0.5, 0.6) is 0 Å². The van der Waals surface area contributed by atoms with Crippen LogP contribution in [-0.4, -0.2) is 39.8 Å². The van der Waals surface area contributed by atoms with Gasteiger partial charge in [0.1, 0.15) is 0 Å². The van der Waals surface area contributed by atoms with E-state index in [9.17, 15) is 4.79 Å². The van der Waals surface area contributed by atoms with E-state index in [2.05, 4.69) is 17.2 Å². The molecule has 0 bridgehead atoms. The molecule has 4 rings (SSSR count). The van der Waals surface area contributed by atoms with Crippen molar-refractivity contribution in [3.63, 3.8) is 0 Å². The van der Waals surface area contributed by atoms with E-state index in [1.165, 1.54) is 5.56 Å². The Morgan fingerprint density at radius 3 is 2.58 bits per heavy atom. The van der Waals surface area contributed by atoms with Gasteiger partial charge in [0.15, 0.2) is 0 Å². The molecule has 5 nitrogen and oxygen atoms in total. The number of carbonyl (C=O) groups is 1. The van der Waals surface area contributed by atoms with Crippen molar-refractivity contribution in [2.75, 3.05) is 13.1 Å². The highest BCUT2D eigenvalue weighted by Crippen LogP contribution is 2.39. The van der Waals surface area contributed by atoms with Crippen LogP contribution in [0.1, 0.15) is 24.1 Å². The molecule has 1 saturated heterocycles. The molecule has 2 aromatic rings. The number of hydrogen-bond acceptors (Lipinski definition) is 3. The molecule has 0 N–H and O–H groups in total. The van der Waals surface area contributed by atoms with E-state index in [1.54, 1.807) is 17.0 Å². The Balaban J connectivity index is 1.26. The van der Waals surface area contributed by atoms with Crippen LogP contribution < -0.4 is 0 Å². The number of fused-ring (bicyclic) bond motifs is 1. The highest BCUT2D eigenvalue weighted by Gasteiger charge is 2.42. The lowest BCUT2D eigenvalue weighted by molar-refractivity contribution is -0.125. The van der Waals surface area contributed by atoms with Crippen LogP contribution in [0.25, 0.3) is 6.08 Å². The first kappa shape index (κ1) is 17.0. The molecule has 26 heavy (non-hydrogen) atoms. The van der Waals surface area contributed by atoms with Gasteiger partial charge in [0, 0.05) is 32.4 Å². The predicted octanol–water partition coefficient (Wildman–Crippen LogP) is 2.89. The number of aromatic nitrogens is 2. The number of rotatable bonds is 5. The fourth-order valence-electron chi connectivity index (χ4n) is 4.16. The molecule has 136 valence electrons. The summed E-state index contributed by atoms with van der Waals surface area (Å²) < 4.78 is 7.86. The lowest BCUT2D eigenvalue weighted by atomic mass is 10.0. The van der Waals surface area contributed by atoms with Crippen LogP contribution in [0.3, 0.4) is 0 Å². The quantitative estimate of drug-likeness (QED) is 0.778. The minimum absolute atomic E-state index is 0.0994. The Morgan fingerprint density at radius 2 is 1.92 bits per heavy atom. The Bertz CT molecular complexity index is 770. The topological polar surface area (TPSA) is 47.4 Å². The number of aryl methyl sites for hydroxylation is 1. The second-order valence-corrected chi connectivity index (χ2v) is 7.37. The molecule has 1 aliphatic carbocycles. The summed E-state index contributed by atoms with van der Waals surface area (Å²) in [4.78, 5) is 14.4. The van der Waals surface area contributed by atoms with E-state index in [0.29, 0.717) is 24.5 Å². The number of nitrogens with zero attached hydrogens (tertiary/aromatic N) is 3. The van der Waals surface area contributed by atoms with Crippen molar-refractivity contribution < 1.29 is 9.53 Å². The van der Waals surface area contributed by atoms with Crippen molar-refractivity contribution in [2.45, 2.75) is 25.6 Å². The third kappa shape index (κ3) is 3.73. The maximum absolute atomic E-state index is 12.5. The van der Waals surface area contributed by atoms with Crippen molar-refractivity contribution >= 4 is 12.0 Å². The van der Waals surface area contributed by atoms with E-state index in [0.717, 1.165) is 31.6 Å². The molecule has 3 atom stereocenters. The van der Waals surface area contributed by atoms with Crippen LogP contribution in [0.2, 0.25) is 0 Å². The van der Waals surface area contributed by atoms with Gasteiger partial charge in [-0.1, -0.05) is 30.3 Å². The zero-order chi connectivity index (χ0) is 17.9. The average Bonchev–Trinajstić information content (AvgIpc) is 3.33. The third-order valence-electron chi connectivity index (χ3n) is 5.60. The van der Waals surface area contributed by atoms with E-state index in [4.69, 9.17) is 4.74 Å². The summed E-state index contributed by atoms with van der Waals surface area (Å²) in [5.74, 6) is 1.25. The second kappa shape index (κ2) is 7.46. The van der Waals surface area contributed by atoms with Gasteiger partial charge in [-0.25, -0.2) is 0 Å². The molecule has 1 saturated carbocycles. The van der Waals surface area contributed by atoms with Gasteiger partial charge in [-0.2, -0.15) is 5.10 Å². The predicted molar refractivity (Wildman–Crippen MR) is 100 cm³/mol. The van der Waals surface area contributed by atoms with Gasteiger partial charge in [0.2, 0.25) is 5.91 Å². The molecule has 0 radical (unpaired) electrons. The van der Waals surface area contributed by atoms with Crippen molar-refractivity contribution in [1.29, 1.82) is 0 Å². The molecule has 1 aromatic carbocycles. The largest absolute Gasteiger partial charge is 0.374 e. The van der Waals surface area contributed by atoms with Crippen LogP contribution in [0.15, 0.2) is 48.7 Å². The monoisotopic (exact) mass is 351 g/mol. The van der Waals surface area contributed by atoms with Gasteiger partial charge >= 0.3 is 0 Å². The van der Waals surface area contributed by atoms with Crippen molar-refractivity contribution in [1.82, 2.24) is 14.7 Å². The third-order valence-corrected chi connectivity index (χ3v) is 5.60. The fourth-order valence-corrected chi connectivity index (χ4v) is 4.16. The summed E-state index contributed by atoms with van der Waals surface area (Å²) in [5, 5.41) is 4.11. The molecule has 2 heterocycles. The molecule has 5 heteroatoms. The number of carbonyl (C=O) groups excluding carboxylic acids is 1. The minimum Gasteiger partial charge on any atom is -0.374 e. The summed E-state index contributed by atoms with van der Waals surface area (Å²) in [7, 11) is 1.87. The standard InChI is InChI=1S/C21H25N3O2/c1-23-19(9-10-22-23)7-8-21(25)24-13-17-11-20(12-18(17)14-24)26-15-16-5-3-2-4-6-16/h2-10,17-18,20H,11-15H2,1H3/b8-7+/t17-,18+,20?. The highest BCUT2D eigenvalue weighted by molar-refractivity contribution is 5.91. The Hall–Kier alpha value is -2.40. The smallest absolute Gasteiger partial charge is 0.246 e. The summed E-state index contributed by atoms with van der Waals surface area (Å²) >= 11 is 0. The van der Waals surface area contributed by atoms with Gasteiger partial charge in [-0.3, -0.25) is 9.48 Å². The SMILES string of the molecule is Cn1nccc1/C=C/C(=O)N1C[C@H]2CC(OCc3ccccc3)C[C@H]2C1. The first-order valence-corrected chi connectivity index (χ1v) is 9.29. The van der Waals surface area contributed by atoms with Gasteiger partial charge in [-0.15, -0.1) is 0 Å². The number of amides is 1. The summed E-state index contributed by atoms with van der Waals surface area (Å²) in [6.45, 7) is 2.38. The molecule has 1 amide bonds.